The van der Waals surface area contributed by atoms with E-state index in [1.807, 2.05) is 0 Å². The highest BCUT2D eigenvalue weighted by Crippen LogP contribution is 2.23. The molecule has 134 valence electrons. The van der Waals surface area contributed by atoms with Crippen molar-refractivity contribution in [1.82, 2.24) is 4.90 Å². The average molecular weight is 332 g/mol. The molecule has 0 spiro atoms. The summed E-state index contributed by atoms with van der Waals surface area (Å²) in [6.07, 6.45) is 6.26. The SMILES string of the molecule is CC(C)(C)c1ccc(CCC2OCC(CN3CCCCC3)O2)cc1. The van der Waals surface area contributed by atoms with Crippen LogP contribution in [0.3, 0.4) is 0 Å². The molecule has 0 bridgehead atoms. The minimum Gasteiger partial charge on any atom is -0.350 e. The summed E-state index contributed by atoms with van der Waals surface area (Å²) in [6, 6.07) is 9.01. The topological polar surface area (TPSA) is 21.7 Å². The van der Waals surface area contributed by atoms with Gasteiger partial charge in [0.15, 0.2) is 6.29 Å². The number of hydrogen-bond acceptors (Lipinski definition) is 3. The number of aryl methyl sites for hydroxylation is 1. The fourth-order valence-electron chi connectivity index (χ4n) is 3.64. The third-order valence-electron chi connectivity index (χ3n) is 5.21. The predicted molar refractivity (Wildman–Crippen MR) is 98.4 cm³/mol. The zero-order chi connectivity index (χ0) is 17.0. The second-order valence-corrected chi connectivity index (χ2v) is 8.37. The molecule has 2 saturated heterocycles. The summed E-state index contributed by atoms with van der Waals surface area (Å²) in [7, 11) is 0. The summed E-state index contributed by atoms with van der Waals surface area (Å²) in [4.78, 5) is 2.53. The molecule has 2 unspecified atom stereocenters. The molecule has 0 aliphatic carbocycles. The Bertz CT molecular complexity index is 500. The van der Waals surface area contributed by atoms with Gasteiger partial charge >= 0.3 is 0 Å². The maximum Gasteiger partial charge on any atom is 0.158 e. The number of benzene rings is 1. The molecule has 24 heavy (non-hydrogen) atoms. The van der Waals surface area contributed by atoms with Crippen LogP contribution in [0.4, 0.5) is 0 Å². The van der Waals surface area contributed by atoms with Gasteiger partial charge in [-0.3, -0.25) is 0 Å². The van der Waals surface area contributed by atoms with Crippen LogP contribution in [0.15, 0.2) is 24.3 Å². The number of piperidine rings is 1. The molecule has 3 rings (SSSR count). The van der Waals surface area contributed by atoms with E-state index < -0.39 is 0 Å². The molecule has 0 N–H and O–H groups in total. The number of ether oxygens (including phenoxy) is 2. The fraction of sp³-hybridized carbons (Fsp3) is 0.714. The molecule has 0 aromatic heterocycles. The number of nitrogens with zero attached hydrogens (tertiary/aromatic N) is 1. The monoisotopic (exact) mass is 331 g/mol. The fourth-order valence-corrected chi connectivity index (χ4v) is 3.64. The third kappa shape index (κ3) is 5.05. The van der Waals surface area contributed by atoms with Gasteiger partial charge in [-0.15, -0.1) is 0 Å². The van der Waals surface area contributed by atoms with Gasteiger partial charge in [-0.25, -0.2) is 0 Å². The first kappa shape index (κ1) is 17.9. The van der Waals surface area contributed by atoms with Crippen LogP contribution in [0, 0.1) is 0 Å². The van der Waals surface area contributed by atoms with Gasteiger partial charge in [-0.05, 0) is 48.9 Å². The summed E-state index contributed by atoms with van der Waals surface area (Å²) >= 11 is 0. The number of likely N-dealkylation sites (tertiary alicyclic amines) is 1. The Balaban J connectivity index is 1.41. The Hall–Kier alpha value is -0.900. The van der Waals surface area contributed by atoms with Gasteiger partial charge in [0.05, 0.1) is 12.7 Å². The summed E-state index contributed by atoms with van der Waals surface area (Å²) in [5.74, 6) is 0. The average Bonchev–Trinajstić information content (AvgIpc) is 3.01. The van der Waals surface area contributed by atoms with Crippen LogP contribution in [-0.2, 0) is 21.3 Å². The molecule has 2 heterocycles. The van der Waals surface area contributed by atoms with Gasteiger partial charge in [0.1, 0.15) is 0 Å². The van der Waals surface area contributed by atoms with Crippen LogP contribution in [0.25, 0.3) is 0 Å². The Labute approximate surface area is 147 Å². The van der Waals surface area contributed by atoms with Gasteiger partial charge in [0.2, 0.25) is 0 Å². The van der Waals surface area contributed by atoms with Gasteiger partial charge in [0.25, 0.3) is 0 Å². The van der Waals surface area contributed by atoms with Crippen molar-refractivity contribution in [3.05, 3.63) is 35.4 Å². The van der Waals surface area contributed by atoms with Crippen molar-refractivity contribution in [2.75, 3.05) is 26.2 Å². The van der Waals surface area contributed by atoms with E-state index in [4.69, 9.17) is 9.47 Å². The lowest BCUT2D eigenvalue weighted by Gasteiger charge is -2.28. The zero-order valence-electron chi connectivity index (χ0n) is 15.6. The lowest BCUT2D eigenvalue weighted by atomic mass is 9.86. The third-order valence-corrected chi connectivity index (χ3v) is 5.21. The molecular weight excluding hydrogens is 298 g/mol. The molecule has 0 radical (unpaired) electrons. The van der Waals surface area contributed by atoms with Crippen LogP contribution in [-0.4, -0.2) is 43.5 Å². The van der Waals surface area contributed by atoms with Crippen LogP contribution < -0.4 is 0 Å². The number of rotatable bonds is 5. The first-order valence-corrected chi connectivity index (χ1v) is 9.59. The lowest BCUT2D eigenvalue weighted by molar-refractivity contribution is -0.0660. The van der Waals surface area contributed by atoms with Crippen molar-refractivity contribution in [2.45, 2.75) is 70.7 Å². The molecule has 2 aliphatic heterocycles. The summed E-state index contributed by atoms with van der Waals surface area (Å²) < 4.78 is 12.0. The first-order chi connectivity index (χ1) is 11.5. The van der Waals surface area contributed by atoms with Gasteiger partial charge in [-0.1, -0.05) is 51.5 Å². The Kier molecular flexibility index (Phi) is 5.96. The standard InChI is InChI=1S/C21H33NO2/c1-21(2,3)18-10-7-17(8-11-18)9-12-20-23-16-19(24-20)15-22-13-5-4-6-14-22/h7-8,10-11,19-20H,4-6,9,12-16H2,1-3H3. The van der Waals surface area contributed by atoms with Crippen molar-refractivity contribution in [2.24, 2.45) is 0 Å². The molecule has 2 atom stereocenters. The van der Waals surface area contributed by atoms with Gasteiger partial charge < -0.3 is 14.4 Å². The molecule has 1 aromatic carbocycles. The zero-order valence-corrected chi connectivity index (χ0v) is 15.6. The van der Waals surface area contributed by atoms with Crippen molar-refractivity contribution < 1.29 is 9.47 Å². The molecule has 0 amide bonds. The van der Waals surface area contributed by atoms with E-state index in [1.54, 1.807) is 0 Å². The summed E-state index contributed by atoms with van der Waals surface area (Å²) in [5, 5.41) is 0. The highest BCUT2D eigenvalue weighted by Gasteiger charge is 2.27. The van der Waals surface area contributed by atoms with Crippen LogP contribution in [0.2, 0.25) is 0 Å². The molecule has 2 aliphatic rings. The Morgan fingerprint density at radius 2 is 1.75 bits per heavy atom. The predicted octanol–water partition coefficient (Wildman–Crippen LogP) is 4.14. The smallest absolute Gasteiger partial charge is 0.158 e. The summed E-state index contributed by atoms with van der Waals surface area (Å²) in [5.41, 5.74) is 2.98. The van der Waals surface area contributed by atoms with Gasteiger partial charge in [0, 0.05) is 13.0 Å². The van der Waals surface area contributed by atoms with E-state index in [1.165, 1.54) is 43.5 Å². The maximum atomic E-state index is 6.10. The minimum atomic E-state index is -0.0258. The quantitative estimate of drug-likeness (QED) is 0.809. The minimum absolute atomic E-state index is 0.0258. The molecule has 1 aromatic rings. The molecule has 3 heteroatoms. The van der Waals surface area contributed by atoms with E-state index in [0.717, 1.165) is 26.0 Å². The van der Waals surface area contributed by atoms with E-state index in [2.05, 4.69) is 49.9 Å². The lowest BCUT2D eigenvalue weighted by Crippen LogP contribution is -2.37. The van der Waals surface area contributed by atoms with Crippen molar-refractivity contribution in [3.8, 4) is 0 Å². The van der Waals surface area contributed by atoms with E-state index in [0.29, 0.717) is 0 Å². The first-order valence-electron chi connectivity index (χ1n) is 9.59. The molecule has 3 nitrogen and oxygen atoms in total. The number of hydrogen-bond donors (Lipinski definition) is 0. The molecule has 2 fully saturated rings. The van der Waals surface area contributed by atoms with Crippen LogP contribution >= 0.6 is 0 Å². The molecular formula is C21H33NO2. The van der Waals surface area contributed by atoms with Crippen molar-refractivity contribution >= 4 is 0 Å². The van der Waals surface area contributed by atoms with E-state index in [-0.39, 0.29) is 17.8 Å². The highest BCUT2D eigenvalue weighted by atomic mass is 16.7. The van der Waals surface area contributed by atoms with E-state index >= 15 is 0 Å². The maximum absolute atomic E-state index is 6.10. The van der Waals surface area contributed by atoms with E-state index in [9.17, 15) is 0 Å². The van der Waals surface area contributed by atoms with Gasteiger partial charge in [-0.2, -0.15) is 0 Å². The second kappa shape index (κ2) is 7.99. The largest absolute Gasteiger partial charge is 0.350 e. The van der Waals surface area contributed by atoms with Crippen LogP contribution in [0.5, 0.6) is 0 Å². The summed E-state index contributed by atoms with van der Waals surface area (Å²) in [6.45, 7) is 11.0. The second-order valence-electron chi connectivity index (χ2n) is 8.37. The normalized spacial score (nSPS) is 26.0. The highest BCUT2D eigenvalue weighted by molar-refractivity contribution is 5.27. The van der Waals surface area contributed by atoms with Crippen molar-refractivity contribution in [3.63, 3.8) is 0 Å². The van der Waals surface area contributed by atoms with Crippen LogP contribution in [0.1, 0.15) is 57.6 Å². The Morgan fingerprint density at radius 3 is 2.42 bits per heavy atom. The molecule has 0 saturated carbocycles. The Morgan fingerprint density at radius 1 is 1.04 bits per heavy atom. The van der Waals surface area contributed by atoms with Crippen molar-refractivity contribution in [1.29, 1.82) is 0 Å².